The Labute approximate surface area is 148 Å². The Morgan fingerprint density at radius 2 is 1.77 bits per heavy atom. The summed E-state index contributed by atoms with van der Waals surface area (Å²) in [4.78, 5) is 14.2. The van der Waals surface area contributed by atoms with E-state index in [4.69, 9.17) is 0 Å². The summed E-state index contributed by atoms with van der Waals surface area (Å²) in [6.45, 7) is -1.16. The van der Waals surface area contributed by atoms with Gasteiger partial charge in [0, 0.05) is 12.7 Å². The van der Waals surface area contributed by atoms with E-state index < -0.39 is 6.61 Å². The van der Waals surface area contributed by atoms with Gasteiger partial charge in [-0.25, -0.2) is 4.68 Å². The first-order valence-electron chi connectivity index (χ1n) is 7.78. The second-order valence-electron chi connectivity index (χ2n) is 5.51. The second-order valence-corrected chi connectivity index (χ2v) is 5.51. The predicted octanol–water partition coefficient (Wildman–Crippen LogP) is 3.45. The first kappa shape index (κ1) is 17.5. The van der Waals surface area contributed by atoms with Crippen LogP contribution in [0.3, 0.4) is 0 Å². The highest BCUT2D eigenvalue weighted by Crippen LogP contribution is 2.20. The summed E-state index contributed by atoms with van der Waals surface area (Å²) < 4.78 is 30.2. The van der Waals surface area contributed by atoms with Gasteiger partial charge in [-0.2, -0.15) is 8.78 Å². The molecule has 3 rings (SSSR count). The standard InChI is InChI=1S/C18H16F2N4O2/c1-12-16(17(25)23(2)13-6-4-3-5-7-13)21-22-24(12)14-8-10-15(11-9-14)26-18(19)20/h3-11,18H,1-2H3. The van der Waals surface area contributed by atoms with Crippen molar-refractivity contribution in [3.05, 3.63) is 66.0 Å². The van der Waals surface area contributed by atoms with Crippen LogP contribution in [0, 0.1) is 6.92 Å². The van der Waals surface area contributed by atoms with E-state index in [0.29, 0.717) is 11.4 Å². The van der Waals surface area contributed by atoms with Gasteiger partial charge in [-0.3, -0.25) is 4.79 Å². The maximum Gasteiger partial charge on any atom is 0.387 e. The maximum absolute atomic E-state index is 12.7. The number of halogens is 2. The molecule has 0 unspecified atom stereocenters. The predicted molar refractivity (Wildman–Crippen MR) is 91.9 cm³/mol. The van der Waals surface area contributed by atoms with Gasteiger partial charge in [0.1, 0.15) is 5.75 Å². The number of ether oxygens (including phenoxy) is 1. The van der Waals surface area contributed by atoms with Crippen LogP contribution in [0.15, 0.2) is 54.6 Å². The van der Waals surface area contributed by atoms with E-state index in [0.717, 1.165) is 5.69 Å². The van der Waals surface area contributed by atoms with Crippen molar-refractivity contribution in [1.82, 2.24) is 15.0 Å². The number of nitrogens with zero attached hydrogens (tertiary/aromatic N) is 4. The van der Waals surface area contributed by atoms with E-state index in [-0.39, 0.29) is 17.4 Å². The van der Waals surface area contributed by atoms with Gasteiger partial charge in [-0.05, 0) is 43.3 Å². The number of para-hydroxylation sites is 1. The number of amides is 1. The lowest BCUT2D eigenvalue weighted by molar-refractivity contribution is -0.0498. The molecule has 2 aromatic carbocycles. The minimum absolute atomic E-state index is 0.0432. The molecule has 0 aliphatic carbocycles. The zero-order chi connectivity index (χ0) is 18.7. The average Bonchev–Trinajstić information content (AvgIpc) is 3.03. The summed E-state index contributed by atoms with van der Waals surface area (Å²) in [6, 6.07) is 15.1. The molecule has 0 atom stereocenters. The normalized spacial score (nSPS) is 10.8. The Morgan fingerprint density at radius 3 is 2.38 bits per heavy atom. The highest BCUT2D eigenvalue weighted by atomic mass is 19.3. The van der Waals surface area contributed by atoms with Crippen LogP contribution < -0.4 is 9.64 Å². The number of benzene rings is 2. The Kier molecular flexibility index (Phi) is 4.92. The van der Waals surface area contributed by atoms with E-state index in [1.807, 2.05) is 30.3 Å². The Bertz CT molecular complexity index is 895. The molecular formula is C18H16F2N4O2. The minimum Gasteiger partial charge on any atom is -0.435 e. The van der Waals surface area contributed by atoms with Gasteiger partial charge in [0.25, 0.3) is 5.91 Å². The fourth-order valence-electron chi connectivity index (χ4n) is 2.47. The third-order valence-electron chi connectivity index (χ3n) is 3.85. The summed E-state index contributed by atoms with van der Waals surface area (Å²) in [5.74, 6) is -0.251. The largest absolute Gasteiger partial charge is 0.435 e. The van der Waals surface area contributed by atoms with Crippen molar-refractivity contribution in [3.8, 4) is 11.4 Å². The molecule has 26 heavy (non-hydrogen) atoms. The van der Waals surface area contributed by atoms with Crippen LogP contribution in [0.1, 0.15) is 16.2 Å². The Hall–Kier alpha value is -3.29. The quantitative estimate of drug-likeness (QED) is 0.701. The molecule has 1 aromatic heterocycles. The fraction of sp³-hybridized carbons (Fsp3) is 0.167. The number of carbonyl (C=O) groups is 1. The average molecular weight is 358 g/mol. The molecule has 0 radical (unpaired) electrons. The summed E-state index contributed by atoms with van der Waals surface area (Å²) in [6.07, 6.45) is 0. The highest BCUT2D eigenvalue weighted by Gasteiger charge is 2.21. The van der Waals surface area contributed by atoms with Crippen LogP contribution in [0.2, 0.25) is 0 Å². The maximum atomic E-state index is 12.7. The van der Waals surface area contributed by atoms with Gasteiger partial charge in [-0.15, -0.1) is 5.10 Å². The molecule has 0 fully saturated rings. The zero-order valence-electron chi connectivity index (χ0n) is 14.1. The third-order valence-corrected chi connectivity index (χ3v) is 3.85. The zero-order valence-corrected chi connectivity index (χ0v) is 14.1. The van der Waals surface area contributed by atoms with Crippen LogP contribution >= 0.6 is 0 Å². The van der Waals surface area contributed by atoms with Gasteiger partial charge in [0.05, 0.1) is 11.4 Å². The number of hydrogen-bond acceptors (Lipinski definition) is 4. The lowest BCUT2D eigenvalue weighted by Crippen LogP contribution is -2.27. The number of anilines is 1. The topological polar surface area (TPSA) is 60.2 Å². The minimum atomic E-state index is -2.88. The number of alkyl halides is 2. The highest BCUT2D eigenvalue weighted by molar-refractivity contribution is 6.05. The van der Waals surface area contributed by atoms with Crippen molar-refractivity contribution in [2.45, 2.75) is 13.5 Å². The Balaban J connectivity index is 1.84. The molecule has 0 aliphatic heterocycles. The van der Waals surface area contributed by atoms with Crippen molar-refractivity contribution in [3.63, 3.8) is 0 Å². The van der Waals surface area contributed by atoms with Crippen molar-refractivity contribution in [2.24, 2.45) is 0 Å². The van der Waals surface area contributed by atoms with Gasteiger partial charge in [-0.1, -0.05) is 23.4 Å². The fourth-order valence-corrected chi connectivity index (χ4v) is 2.47. The smallest absolute Gasteiger partial charge is 0.387 e. The van der Waals surface area contributed by atoms with Crippen molar-refractivity contribution < 1.29 is 18.3 Å². The van der Waals surface area contributed by atoms with E-state index >= 15 is 0 Å². The molecule has 0 saturated heterocycles. The molecule has 8 heteroatoms. The van der Waals surface area contributed by atoms with Gasteiger partial charge < -0.3 is 9.64 Å². The lowest BCUT2D eigenvalue weighted by atomic mass is 10.2. The van der Waals surface area contributed by atoms with Crippen LogP contribution in [0.4, 0.5) is 14.5 Å². The molecule has 0 aliphatic rings. The molecule has 1 heterocycles. The number of aromatic nitrogens is 3. The van der Waals surface area contributed by atoms with Crippen molar-refractivity contribution in [1.29, 1.82) is 0 Å². The molecule has 3 aromatic rings. The summed E-state index contributed by atoms with van der Waals surface area (Å²) in [5, 5.41) is 7.98. The summed E-state index contributed by atoms with van der Waals surface area (Å²) in [5.41, 5.74) is 2.07. The number of hydrogen-bond donors (Lipinski definition) is 0. The van der Waals surface area contributed by atoms with E-state index in [2.05, 4.69) is 15.0 Å². The van der Waals surface area contributed by atoms with Gasteiger partial charge >= 0.3 is 6.61 Å². The van der Waals surface area contributed by atoms with Crippen LogP contribution in [0.25, 0.3) is 5.69 Å². The van der Waals surface area contributed by atoms with E-state index in [1.54, 1.807) is 26.1 Å². The number of rotatable bonds is 5. The molecule has 0 bridgehead atoms. The first-order chi connectivity index (χ1) is 12.5. The van der Waals surface area contributed by atoms with Crippen LogP contribution in [0.5, 0.6) is 5.75 Å². The first-order valence-corrected chi connectivity index (χ1v) is 7.78. The molecule has 0 saturated carbocycles. The lowest BCUT2D eigenvalue weighted by Gasteiger charge is -2.16. The van der Waals surface area contributed by atoms with Crippen molar-refractivity contribution in [2.75, 3.05) is 11.9 Å². The molecular weight excluding hydrogens is 342 g/mol. The molecule has 1 amide bonds. The Morgan fingerprint density at radius 1 is 1.12 bits per heavy atom. The van der Waals surface area contributed by atoms with Crippen LogP contribution in [-0.4, -0.2) is 34.6 Å². The molecule has 6 nitrogen and oxygen atoms in total. The van der Waals surface area contributed by atoms with E-state index in [9.17, 15) is 13.6 Å². The van der Waals surface area contributed by atoms with Crippen LogP contribution in [-0.2, 0) is 0 Å². The number of carbonyl (C=O) groups excluding carboxylic acids is 1. The molecule has 134 valence electrons. The third kappa shape index (κ3) is 3.53. The molecule has 0 spiro atoms. The SMILES string of the molecule is Cc1c(C(=O)N(C)c2ccccc2)nnn1-c1ccc(OC(F)F)cc1. The van der Waals surface area contributed by atoms with Crippen molar-refractivity contribution >= 4 is 11.6 Å². The second kappa shape index (κ2) is 7.30. The van der Waals surface area contributed by atoms with E-state index in [1.165, 1.54) is 21.7 Å². The summed E-state index contributed by atoms with van der Waals surface area (Å²) >= 11 is 0. The van der Waals surface area contributed by atoms with Gasteiger partial charge in [0.15, 0.2) is 5.69 Å². The summed E-state index contributed by atoms with van der Waals surface area (Å²) in [7, 11) is 1.66. The monoisotopic (exact) mass is 358 g/mol. The molecule has 0 N–H and O–H groups in total. The van der Waals surface area contributed by atoms with Gasteiger partial charge in [0.2, 0.25) is 0 Å².